The summed E-state index contributed by atoms with van der Waals surface area (Å²) in [4.78, 5) is 40.0. The van der Waals surface area contributed by atoms with E-state index in [9.17, 15) is 14.4 Å². The molecule has 0 spiro atoms. The van der Waals surface area contributed by atoms with Crippen LogP contribution < -0.4 is 5.32 Å². The van der Waals surface area contributed by atoms with E-state index in [1.165, 1.54) is 0 Å². The first-order valence-corrected chi connectivity index (χ1v) is 11.9. The largest absolute Gasteiger partial charge is 0.382 e. The molecule has 1 aromatic heterocycles. The van der Waals surface area contributed by atoms with Crippen molar-refractivity contribution in [1.82, 2.24) is 19.6 Å². The number of nitrogens with zero attached hydrogens (tertiary/aromatic N) is 4. The lowest BCUT2D eigenvalue weighted by Gasteiger charge is -2.32. The van der Waals surface area contributed by atoms with E-state index in [0.29, 0.717) is 37.1 Å². The lowest BCUT2D eigenvalue weighted by molar-refractivity contribution is -0.129. The van der Waals surface area contributed by atoms with Crippen LogP contribution in [0.2, 0.25) is 0 Å². The minimum Gasteiger partial charge on any atom is -0.382 e. The predicted molar refractivity (Wildman–Crippen MR) is 135 cm³/mol. The molecule has 8 nitrogen and oxygen atoms in total. The van der Waals surface area contributed by atoms with Crippen molar-refractivity contribution in [3.63, 3.8) is 0 Å². The Balaban J connectivity index is 1.51. The number of aryl methyl sites for hydroxylation is 1. The Bertz CT molecular complexity index is 1350. The number of piperidine rings is 1. The van der Waals surface area contributed by atoms with Crippen molar-refractivity contribution in [2.45, 2.75) is 32.4 Å². The quantitative estimate of drug-likeness (QED) is 0.440. The van der Waals surface area contributed by atoms with E-state index in [1.54, 1.807) is 11.8 Å². The predicted octanol–water partition coefficient (Wildman–Crippen LogP) is 3.37. The number of carbonyl (C=O) groups is 3. The van der Waals surface area contributed by atoms with Crippen molar-refractivity contribution in [2.24, 2.45) is 7.05 Å². The molecule has 2 aromatic carbocycles. The van der Waals surface area contributed by atoms with E-state index in [1.807, 2.05) is 35.0 Å². The fourth-order valence-electron chi connectivity index (χ4n) is 5.15. The summed E-state index contributed by atoms with van der Waals surface area (Å²) in [5.74, 6) is -0.00422. The van der Waals surface area contributed by atoms with Gasteiger partial charge in [-0.2, -0.15) is 5.10 Å². The third kappa shape index (κ3) is 4.20. The lowest BCUT2D eigenvalue weighted by atomic mass is 9.94. The monoisotopic (exact) mass is 471 g/mol. The Labute approximate surface area is 204 Å². The number of nitrogens with one attached hydrogen (secondary N) is 1. The zero-order chi connectivity index (χ0) is 24.7. The van der Waals surface area contributed by atoms with E-state index in [-0.39, 0.29) is 24.4 Å². The summed E-state index contributed by atoms with van der Waals surface area (Å²) in [6, 6.07) is 10.4. The van der Waals surface area contributed by atoms with E-state index in [2.05, 4.69) is 35.2 Å². The first-order chi connectivity index (χ1) is 16.9. The van der Waals surface area contributed by atoms with Gasteiger partial charge in [-0.1, -0.05) is 24.8 Å². The van der Waals surface area contributed by atoms with Crippen LogP contribution in [0, 0.1) is 0 Å². The van der Waals surface area contributed by atoms with Crippen molar-refractivity contribution in [1.29, 1.82) is 0 Å². The van der Waals surface area contributed by atoms with Crippen molar-refractivity contribution >= 4 is 34.7 Å². The van der Waals surface area contributed by atoms with Gasteiger partial charge in [0, 0.05) is 62.8 Å². The molecule has 0 bridgehead atoms. The number of benzene rings is 2. The minimum atomic E-state index is -0.102. The van der Waals surface area contributed by atoms with Crippen LogP contribution in [0.3, 0.4) is 0 Å². The Morgan fingerprint density at radius 3 is 2.71 bits per heavy atom. The smallest absolute Gasteiger partial charge is 0.256 e. The average Bonchev–Trinajstić information content (AvgIpc) is 3.39. The lowest BCUT2D eigenvalue weighted by Crippen LogP contribution is -2.41. The summed E-state index contributed by atoms with van der Waals surface area (Å²) in [6.07, 6.45) is 4.19. The second-order valence-electron chi connectivity index (χ2n) is 9.42. The molecule has 8 heteroatoms. The van der Waals surface area contributed by atoms with Crippen LogP contribution in [-0.2, 0) is 23.2 Å². The summed E-state index contributed by atoms with van der Waals surface area (Å²) in [7, 11) is 1.91. The molecule has 2 amide bonds. The minimum absolute atomic E-state index is 0.0975. The average molecular weight is 472 g/mol. The molecule has 0 aliphatic carbocycles. The molecule has 3 heterocycles. The van der Waals surface area contributed by atoms with Gasteiger partial charge >= 0.3 is 0 Å². The van der Waals surface area contributed by atoms with Crippen LogP contribution in [0.5, 0.6) is 0 Å². The van der Waals surface area contributed by atoms with Crippen LogP contribution in [0.4, 0.5) is 5.69 Å². The van der Waals surface area contributed by atoms with Crippen molar-refractivity contribution in [3.05, 3.63) is 59.8 Å². The number of hydrogen-bond donors (Lipinski definition) is 1. The number of aldehydes is 1. The number of amides is 2. The zero-order valence-electron chi connectivity index (χ0n) is 20.1. The van der Waals surface area contributed by atoms with Crippen LogP contribution in [0.1, 0.15) is 35.7 Å². The molecule has 0 unspecified atom stereocenters. The molecule has 2 aliphatic rings. The summed E-state index contributed by atoms with van der Waals surface area (Å²) in [5.41, 5.74) is 5.80. The van der Waals surface area contributed by atoms with Gasteiger partial charge in [0.2, 0.25) is 5.91 Å². The number of fused-ring (bicyclic) bond motifs is 2. The van der Waals surface area contributed by atoms with Gasteiger partial charge in [0.15, 0.2) is 0 Å². The molecular formula is C27H29N5O3. The molecule has 180 valence electrons. The topological polar surface area (TPSA) is 87.5 Å². The van der Waals surface area contributed by atoms with Gasteiger partial charge < -0.3 is 15.1 Å². The normalized spacial score (nSPS) is 16.0. The highest BCUT2D eigenvalue weighted by Crippen LogP contribution is 2.38. The molecular weight excluding hydrogens is 442 g/mol. The standard InChI is InChI=1S/C27H29N5O3/c1-17(16-33)14-32-15-23-22(19-4-5-20-13-28-30(3)25(20)12-19)6-7-24(26(23)27(32)35)29-21-8-10-31(11-9-21)18(2)34/h4-7,12-13,16,21,29H,1,8-11,14-15H2,2-3H3. The Kier molecular flexibility index (Phi) is 5.88. The van der Waals surface area contributed by atoms with Gasteiger partial charge in [0.05, 0.1) is 17.3 Å². The van der Waals surface area contributed by atoms with Crippen LogP contribution >= 0.6 is 0 Å². The van der Waals surface area contributed by atoms with Gasteiger partial charge in [0.1, 0.15) is 6.29 Å². The fraction of sp³-hybridized carbons (Fsp3) is 0.333. The van der Waals surface area contributed by atoms with E-state index < -0.39 is 0 Å². The van der Waals surface area contributed by atoms with Gasteiger partial charge in [-0.15, -0.1) is 0 Å². The number of anilines is 1. The van der Waals surface area contributed by atoms with Crippen LogP contribution in [0.15, 0.2) is 48.7 Å². The Morgan fingerprint density at radius 2 is 2.00 bits per heavy atom. The first-order valence-electron chi connectivity index (χ1n) is 11.9. The molecule has 1 fully saturated rings. The van der Waals surface area contributed by atoms with E-state index >= 15 is 0 Å². The van der Waals surface area contributed by atoms with Gasteiger partial charge in [-0.25, -0.2) is 0 Å². The second-order valence-corrected chi connectivity index (χ2v) is 9.42. The fourth-order valence-corrected chi connectivity index (χ4v) is 5.15. The van der Waals surface area contributed by atoms with E-state index in [0.717, 1.165) is 46.1 Å². The summed E-state index contributed by atoms with van der Waals surface area (Å²) < 4.78 is 1.84. The van der Waals surface area contributed by atoms with Crippen LogP contribution in [-0.4, -0.2) is 63.4 Å². The number of hydrogen-bond acceptors (Lipinski definition) is 5. The molecule has 5 rings (SSSR count). The Hall–Kier alpha value is -3.94. The molecule has 1 N–H and O–H groups in total. The van der Waals surface area contributed by atoms with Gasteiger partial charge in [0.25, 0.3) is 5.91 Å². The third-order valence-electron chi connectivity index (χ3n) is 7.08. The van der Waals surface area contributed by atoms with Crippen LogP contribution in [0.25, 0.3) is 22.0 Å². The van der Waals surface area contributed by atoms with Crippen molar-refractivity contribution in [3.8, 4) is 11.1 Å². The molecule has 0 saturated carbocycles. The van der Waals surface area contributed by atoms with Crippen molar-refractivity contribution < 1.29 is 14.4 Å². The number of rotatable bonds is 6. The molecule has 2 aliphatic heterocycles. The molecule has 0 atom stereocenters. The summed E-state index contributed by atoms with van der Waals surface area (Å²) in [6.45, 7) is 7.40. The van der Waals surface area contributed by atoms with Gasteiger partial charge in [-0.05, 0) is 41.7 Å². The number of likely N-dealkylation sites (tertiary alicyclic amines) is 1. The number of aromatic nitrogens is 2. The SMILES string of the molecule is C=C(C=O)CN1Cc2c(-c3ccc4cnn(C)c4c3)ccc(NC3CCN(C(C)=O)CC3)c2C1=O. The number of carbonyl (C=O) groups excluding carboxylic acids is 3. The molecule has 3 aromatic rings. The molecule has 35 heavy (non-hydrogen) atoms. The second kappa shape index (κ2) is 9.02. The maximum absolute atomic E-state index is 13.5. The third-order valence-corrected chi connectivity index (χ3v) is 7.08. The van der Waals surface area contributed by atoms with Crippen molar-refractivity contribution in [2.75, 3.05) is 25.0 Å². The maximum atomic E-state index is 13.5. The highest BCUT2D eigenvalue weighted by molar-refractivity contribution is 6.06. The Morgan fingerprint density at radius 1 is 1.23 bits per heavy atom. The zero-order valence-corrected chi connectivity index (χ0v) is 20.1. The highest BCUT2D eigenvalue weighted by Gasteiger charge is 2.33. The molecule has 0 radical (unpaired) electrons. The summed E-state index contributed by atoms with van der Waals surface area (Å²) >= 11 is 0. The highest BCUT2D eigenvalue weighted by atomic mass is 16.2. The molecule has 1 saturated heterocycles. The van der Waals surface area contributed by atoms with Gasteiger partial charge in [-0.3, -0.25) is 19.1 Å². The first kappa shape index (κ1) is 22.8. The van der Waals surface area contributed by atoms with E-state index in [4.69, 9.17) is 0 Å². The maximum Gasteiger partial charge on any atom is 0.256 e. The summed E-state index contributed by atoms with van der Waals surface area (Å²) in [5, 5.41) is 8.98.